The molecule has 0 radical (unpaired) electrons. The fourth-order valence-corrected chi connectivity index (χ4v) is 1.52. The summed E-state index contributed by atoms with van der Waals surface area (Å²) in [6.07, 6.45) is 1.38. The van der Waals surface area contributed by atoms with Gasteiger partial charge in [-0.05, 0) is 30.2 Å². The number of hydrogen-bond acceptors (Lipinski definition) is 5. The quantitative estimate of drug-likeness (QED) is 0.738. The molecule has 1 N–H and O–H groups in total. The molecule has 7 heteroatoms. The van der Waals surface area contributed by atoms with Gasteiger partial charge in [-0.15, -0.1) is 5.10 Å². The number of hydrogen-bond donors (Lipinski definition) is 1. The molecule has 0 spiro atoms. The van der Waals surface area contributed by atoms with Crippen molar-refractivity contribution in [3.05, 3.63) is 5.82 Å². The highest BCUT2D eigenvalue weighted by Crippen LogP contribution is 2.47. The molecule has 1 aliphatic rings. The number of ether oxygens (including phenoxy) is 1. The summed E-state index contributed by atoms with van der Waals surface area (Å²) in [4.78, 5) is 11.0. The first-order valence-electron chi connectivity index (χ1n) is 5.24. The maximum absolute atomic E-state index is 11.0. The summed E-state index contributed by atoms with van der Waals surface area (Å²) in [6.45, 7) is 3.11. The van der Waals surface area contributed by atoms with Crippen LogP contribution in [0.25, 0.3) is 0 Å². The Morgan fingerprint density at radius 2 is 2.38 bits per heavy atom. The van der Waals surface area contributed by atoms with Crippen LogP contribution in [0.2, 0.25) is 0 Å². The highest BCUT2D eigenvalue weighted by Gasteiger charge is 2.51. The first-order valence-corrected chi connectivity index (χ1v) is 5.24. The molecule has 2 rings (SSSR count). The summed E-state index contributed by atoms with van der Waals surface area (Å²) >= 11 is 0. The number of carboxylic acids is 1. The lowest BCUT2D eigenvalue weighted by molar-refractivity contribution is -0.144. The van der Waals surface area contributed by atoms with Crippen LogP contribution in [-0.2, 0) is 22.7 Å². The van der Waals surface area contributed by atoms with Gasteiger partial charge >= 0.3 is 5.97 Å². The lowest BCUT2D eigenvalue weighted by Crippen LogP contribution is -2.23. The summed E-state index contributed by atoms with van der Waals surface area (Å²) in [6, 6.07) is 0. The molecule has 1 fully saturated rings. The van der Waals surface area contributed by atoms with Gasteiger partial charge in [-0.1, -0.05) is 0 Å². The average Bonchev–Trinajstić information content (AvgIpc) is 2.90. The first kappa shape index (κ1) is 11.0. The molecule has 88 valence electrons. The number of carboxylic acid groups (broad SMARTS) is 1. The molecule has 1 aromatic heterocycles. The van der Waals surface area contributed by atoms with E-state index in [4.69, 9.17) is 9.84 Å². The van der Waals surface area contributed by atoms with Gasteiger partial charge in [0.15, 0.2) is 5.82 Å². The minimum absolute atomic E-state index is 0.319. The molecule has 1 aliphatic carbocycles. The number of aliphatic carboxylic acids is 1. The number of carbonyl (C=O) groups is 1. The van der Waals surface area contributed by atoms with Crippen molar-refractivity contribution in [2.45, 2.75) is 32.9 Å². The van der Waals surface area contributed by atoms with Crippen LogP contribution >= 0.6 is 0 Å². The molecule has 0 aromatic carbocycles. The van der Waals surface area contributed by atoms with E-state index < -0.39 is 11.4 Å². The van der Waals surface area contributed by atoms with Crippen molar-refractivity contribution in [3.63, 3.8) is 0 Å². The van der Waals surface area contributed by atoms with Crippen molar-refractivity contribution < 1.29 is 14.6 Å². The van der Waals surface area contributed by atoms with Gasteiger partial charge in [-0.25, -0.2) is 4.68 Å². The van der Waals surface area contributed by atoms with E-state index in [1.165, 1.54) is 4.68 Å². The van der Waals surface area contributed by atoms with E-state index in [1.807, 2.05) is 6.92 Å². The highest BCUT2D eigenvalue weighted by molar-refractivity contribution is 5.77. The molecule has 0 atom stereocenters. The normalized spacial score (nSPS) is 17.3. The van der Waals surface area contributed by atoms with Crippen molar-refractivity contribution in [1.29, 1.82) is 0 Å². The van der Waals surface area contributed by atoms with E-state index in [1.54, 1.807) is 0 Å². The third-order valence-electron chi connectivity index (χ3n) is 2.80. The van der Waals surface area contributed by atoms with Crippen molar-refractivity contribution in [2.24, 2.45) is 5.41 Å². The van der Waals surface area contributed by atoms with Crippen LogP contribution in [-0.4, -0.2) is 37.9 Å². The maximum Gasteiger partial charge on any atom is 0.311 e. The average molecular weight is 226 g/mol. The smallest absolute Gasteiger partial charge is 0.311 e. The minimum atomic E-state index is -0.773. The lowest BCUT2D eigenvalue weighted by atomic mass is 10.1. The third kappa shape index (κ3) is 2.04. The summed E-state index contributed by atoms with van der Waals surface area (Å²) in [7, 11) is 0. The standard InChI is InChI=1S/C9H14N4O3/c1-2-16-5-7-10-11-12-13(7)6-9(3-4-9)8(14)15/h2-6H2,1H3,(H,14,15). The Kier molecular flexibility index (Phi) is 2.86. The molecule has 0 saturated heterocycles. The van der Waals surface area contributed by atoms with E-state index in [2.05, 4.69) is 15.5 Å². The predicted molar refractivity (Wildman–Crippen MR) is 52.4 cm³/mol. The van der Waals surface area contributed by atoms with Gasteiger partial charge in [0.05, 0.1) is 12.0 Å². The molecule has 16 heavy (non-hydrogen) atoms. The second kappa shape index (κ2) is 4.17. The van der Waals surface area contributed by atoms with Gasteiger partial charge < -0.3 is 9.84 Å². The zero-order valence-electron chi connectivity index (χ0n) is 9.09. The fraction of sp³-hybridized carbons (Fsp3) is 0.778. The topological polar surface area (TPSA) is 90.1 Å². The third-order valence-corrected chi connectivity index (χ3v) is 2.80. The first-order chi connectivity index (χ1) is 7.68. The van der Waals surface area contributed by atoms with E-state index in [0.717, 1.165) is 0 Å². The molecule has 1 aromatic rings. The Bertz CT molecular complexity index is 386. The van der Waals surface area contributed by atoms with Gasteiger partial charge in [0.25, 0.3) is 0 Å². The van der Waals surface area contributed by atoms with Crippen LogP contribution in [0, 0.1) is 5.41 Å². The van der Waals surface area contributed by atoms with Crippen molar-refractivity contribution in [2.75, 3.05) is 6.61 Å². The van der Waals surface area contributed by atoms with Gasteiger partial charge in [0, 0.05) is 6.61 Å². The van der Waals surface area contributed by atoms with Gasteiger partial charge in [0.2, 0.25) is 0 Å². The summed E-state index contributed by atoms with van der Waals surface area (Å²) < 4.78 is 6.73. The zero-order valence-corrected chi connectivity index (χ0v) is 9.09. The maximum atomic E-state index is 11.0. The summed E-state index contributed by atoms with van der Waals surface area (Å²) in [5.74, 6) is -0.195. The molecule has 0 amide bonds. The van der Waals surface area contributed by atoms with Gasteiger partial charge in [-0.3, -0.25) is 4.79 Å². The van der Waals surface area contributed by atoms with E-state index >= 15 is 0 Å². The highest BCUT2D eigenvalue weighted by atomic mass is 16.5. The van der Waals surface area contributed by atoms with Crippen LogP contribution < -0.4 is 0 Å². The van der Waals surface area contributed by atoms with Crippen LogP contribution in [0.3, 0.4) is 0 Å². The van der Waals surface area contributed by atoms with Crippen molar-refractivity contribution >= 4 is 5.97 Å². The lowest BCUT2D eigenvalue weighted by Gasteiger charge is -2.10. The fourth-order valence-electron chi connectivity index (χ4n) is 1.52. The Morgan fingerprint density at radius 1 is 1.62 bits per heavy atom. The SMILES string of the molecule is CCOCc1nnnn1CC1(C(=O)O)CC1. The Labute approximate surface area is 92.4 Å². The largest absolute Gasteiger partial charge is 0.481 e. The van der Waals surface area contributed by atoms with E-state index in [-0.39, 0.29) is 0 Å². The van der Waals surface area contributed by atoms with E-state index in [0.29, 0.717) is 38.4 Å². The zero-order chi connectivity index (χ0) is 11.6. The molecule has 0 bridgehead atoms. The Morgan fingerprint density at radius 3 is 2.94 bits per heavy atom. The Balaban J connectivity index is 2.04. The van der Waals surface area contributed by atoms with Crippen molar-refractivity contribution in [3.8, 4) is 0 Å². The van der Waals surface area contributed by atoms with Gasteiger partial charge in [-0.2, -0.15) is 0 Å². The molecule has 7 nitrogen and oxygen atoms in total. The Hall–Kier alpha value is -1.50. The van der Waals surface area contributed by atoms with E-state index in [9.17, 15) is 4.79 Å². The predicted octanol–water partition coefficient (Wildman–Crippen LogP) is 0.0744. The second-order valence-electron chi connectivity index (χ2n) is 3.98. The molecule has 0 aliphatic heterocycles. The molecular weight excluding hydrogens is 212 g/mol. The van der Waals surface area contributed by atoms with Gasteiger partial charge in [0.1, 0.15) is 6.61 Å². The van der Waals surface area contributed by atoms with Crippen molar-refractivity contribution in [1.82, 2.24) is 20.2 Å². The monoisotopic (exact) mass is 226 g/mol. The van der Waals surface area contributed by atoms with Crippen LogP contribution in [0.5, 0.6) is 0 Å². The number of aromatic nitrogens is 4. The molecule has 0 unspecified atom stereocenters. The second-order valence-corrected chi connectivity index (χ2v) is 3.98. The summed E-state index contributed by atoms with van der Waals surface area (Å²) in [5.41, 5.74) is -0.656. The minimum Gasteiger partial charge on any atom is -0.481 e. The molecule has 1 heterocycles. The van der Waals surface area contributed by atoms with Crippen LogP contribution in [0.1, 0.15) is 25.6 Å². The van der Waals surface area contributed by atoms with Crippen LogP contribution in [0.4, 0.5) is 0 Å². The molecular formula is C9H14N4O3. The summed E-state index contributed by atoms with van der Waals surface area (Å²) in [5, 5.41) is 20.2. The van der Waals surface area contributed by atoms with Crippen LogP contribution in [0.15, 0.2) is 0 Å². The number of nitrogens with zero attached hydrogens (tertiary/aromatic N) is 4. The number of rotatable bonds is 6. The number of tetrazole rings is 1. The molecule has 1 saturated carbocycles.